The van der Waals surface area contributed by atoms with Crippen LogP contribution in [0.2, 0.25) is 6.55 Å². The molecule has 1 amide bonds. The van der Waals surface area contributed by atoms with Crippen molar-refractivity contribution in [2.45, 2.75) is 6.55 Å². The Morgan fingerprint density at radius 1 is 1.00 bits per heavy atom. The minimum absolute atomic E-state index is 0.0562. The summed E-state index contributed by atoms with van der Waals surface area (Å²) in [6, 6.07) is 0. The molecule has 0 unspecified atom stereocenters. The van der Waals surface area contributed by atoms with Gasteiger partial charge < -0.3 is 32.0 Å². The number of nitrogens with zero attached hydrogens (tertiary/aromatic N) is 1. The zero-order chi connectivity index (χ0) is 20.8. The first-order valence-corrected chi connectivity index (χ1v) is 11.7. The molecule has 0 atom stereocenters. The SMILES string of the molecule is C=CC(=O)OC[Si](C)(OC)OC.CO[Si](CON(C)C(=O)O)(OC)OC. The summed E-state index contributed by atoms with van der Waals surface area (Å²) < 4.78 is 30.0. The van der Waals surface area contributed by atoms with Gasteiger partial charge in [0.15, 0.2) is 0 Å². The van der Waals surface area contributed by atoms with Crippen molar-refractivity contribution in [1.29, 1.82) is 0 Å². The van der Waals surface area contributed by atoms with E-state index in [1.165, 1.54) is 42.6 Å². The number of hydrogen-bond donors (Lipinski definition) is 1. The Balaban J connectivity index is 0. The van der Waals surface area contributed by atoms with E-state index in [0.717, 1.165) is 6.08 Å². The van der Waals surface area contributed by atoms with Crippen LogP contribution in [0.25, 0.3) is 0 Å². The molecule has 0 spiro atoms. The van der Waals surface area contributed by atoms with Gasteiger partial charge in [-0.3, -0.25) is 4.84 Å². The largest absolute Gasteiger partial charge is 0.530 e. The molecule has 0 saturated carbocycles. The third-order valence-electron chi connectivity index (χ3n) is 3.14. The van der Waals surface area contributed by atoms with E-state index in [0.29, 0.717) is 5.06 Å². The van der Waals surface area contributed by atoms with Crippen molar-refractivity contribution in [3.8, 4) is 0 Å². The van der Waals surface area contributed by atoms with Crippen molar-refractivity contribution in [3.63, 3.8) is 0 Å². The molecule has 0 heterocycles. The van der Waals surface area contributed by atoms with E-state index >= 15 is 0 Å². The van der Waals surface area contributed by atoms with Gasteiger partial charge >= 0.3 is 29.4 Å². The molecule has 0 rings (SSSR count). The topological polar surface area (TPSA) is 122 Å². The molecule has 0 aliphatic heterocycles. The van der Waals surface area contributed by atoms with Crippen LogP contribution >= 0.6 is 0 Å². The monoisotopic (exact) mass is 415 g/mol. The van der Waals surface area contributed by atoms with Crippen LogP contribution in [0, 0.1) is 0 Å². The van der Waals surface area contributed by atoms with E-state index < -0.39 is 29.4 Å². The molecule has 11 nitrogen and oxygen atoms in total. The number of carbonyl (C=O) groups excluding carboxylic acids is 1. The van der Waals surface area contributed by atoms with E-state index in [1.807, 2.05) is 6.55 Å². The number of esters is 1. The second-order valence-corrected chi connectivity index (χ2v) is 11.0. The molecule has 0 aliphatic carbocycles. The van der Waals surface area contributed by atoms with Crippen LogP contribution in [0.3, 0.4) is 0 Å². The molecular weight excluding hydrogens is 386 g/mol. The van der Waals surface area contributed by atoms with Crippen LogP contribution in [-0.2, 0) is 36.5 Å². The molecule has 0 radical (unpaired) electrons. The lowest BCUT2D eigenvalue weighted by atomic mass is 10.7. The van der Waals surface area contributed by atoms with Crippen LogP contribution in [0.4, 0.5) is 4.79 Å². The predicted octanol–water partition coefficient (Wildman–Crippen LogP) is 0.565. The van der Waals surface area contributed by atoms with Crippen LogP contribution in [0.5, 0.6) is 0 Å². The Labute approximate surface area is 155 Å². The summed E-state index contributed by atoms with van der Waals surface area (Å²) in [4.78, 5) is 25.9. The normalized spacial score (nSPS) is 11.2. The summed E-state index contributed by atoms with van der Waals surface area (Å²) >= 11 is 0. The first kappa shape index (κ1) is 26.9. The fourth-order valence-corrected chi connectivity index (χ4v) is 3.13. The van der Waals surface area contributed by atoms with Crippen LogP contribution in [0.15, 0.2) is 12.7 Å². The van der Waals surface area contributed by atoms with Gasteiger partial charge in [0.05, 0.1) is 0 Å². The fourth-order valence-electron chi connectivity index (χ4n) is 1.12. The number of carboxylic acid groups (broad SMARTS) is 1. The predicted molar refractivity (Wildman–Crippen MR) is 95.3 cm³/mol. The molecular formula is C13H29NO10Si2. The summed E-state index contributed by atoms with van der Waals surface area (Å²) in [6.07, 6.45) is 0.0424. The molecule has 1 N–H and O–H groups in total. The number of hydrogen-bond acceptors (Lipinski definition) is 9. The van der Waals surface area contributed by atoms with E-state index in [4.69, 9.17) is 36.8 Å². The molecule has 0 bridgehead atoms. The van der Waals surface area contributed by atoms with Gasteiger partial charge in [-0.15, -0.1) is 0 Å². The smallest absolute Gasteiger partial charge is 0.463 e. The van der Waals surface area contributed by atoms with Gasteiger partial charge in [-0.2, -0.15) is 5.06 Å². The highest BCUT2D eigenvalue weighted by molar-refractivity contribution is 6.66. The molecule has 0 saturated heterocycles. The van der Waals surface area contributed by atoms with Gasteiger partial charge in [0.1, 0.15) is 12.5 Å². The summed E-state index contributed by atoms with van der Waals surface area (Å²) in [7, 11) is 3.48. The van der Waals surface area contributed by atoms with E-state index in [1.54, 1.807) is 0 Å². The van der Waals surface area contributed by atoms with Gasteiger partial charge in [0.25, 0.3) is 0 Å². The molecule has 0 aromatic heterocycles. The Kier molecular flexibility index (Phi) is 14.3. The molecule has 0 aromatic rings. The number of ether oxygens (including phenoxy) is 1. The quantitative estimate of drug-likeness (QED) is 0.222. The number of hydroxylamine groups is 2. The Morgan fingerprint density at radius 3 is 1.77 bits per heavy atom. The average Bonchev–Trinajstić information content (AvgIpc) is 2.67. The minimum atomic E-state index is -2.85. The van der Waals surface area contributed by atoms with Crippen molar-refractivity contribution in [2.24, 2.45) is 0 Å². The molecule has 0 aromatic carbocycles. The van der Waals surface area contributed by atoms with Crippen LogP contribution in [0.1, 0.15) is 0 Å². The van der Waals surface area contributed by atoms with Crippen LogP contribution in [-0.4, -0.2) is 94.7 Å². The Bertz CT molecular complexity index is 421. The lowest BCUT2D eigenvalue weighted by Gasteiger charge is -2.25. The molecule has 154 valence electrons. The number of carbonyl (C=O) groups is 2. The van der Waals surface area contributed by atoms with Gasteiger partial charge in [-0.1, -0.05) is 6.58 Å². The number of amides is 1. The van der Waals surface area contributed by atoms with E-state index in [9.17, 15) is 9.59 Å². The van der Waals surface area contributed by atoms with Crippen molar-refractivity contribution < 1.29 is 46.4 Å². The summed E-state index contributed by atoms with van der Waals surface area (Å²) in [6.45, 7) is 5.08. The highest BCUT2D eigenvalue weighted by Crippen LogP contribution is 2.07. The van der Waals surface area contributed by atoms with Crippen LogP contribution < -0.4 is 0 Å². The van der Waals surface area contributed by atoms with Gasteiger partial charge in [0, 0.05) is 48.7 Å². The van der Waals surface area contributed by atoms with Gasteiger partial charge in [-0.05, 0) is 6.55 Å². The average molecular weight is 416 g/mol. The third-order valence-corrected chi connectivity index (χ3v) is 7.89. The van der Waals surface area contributed by atoms with Gasteiger partial charge in [-0.25, -0.2) is 9.59 Å². The van der Waals surface area contributed by atoms with E-state index in [-0.39, 0.29) is 12.5 Å². The fraction of sp³-hybridized carbons (Fsp3) is 0.692. The first-order valence-electron chi connectivity index (χ1n) is 7.23. The Morgan fingerprint density at radius 2 is 1.46 bits per heavy atom. The lowest BCUT2D eigenvalue weighted by Crippen LogP contribution is -2.50. The van der Waals surface area contributed by atoms with Crippen molar-refractivity contribution in [3.05, 3.63) is 12.7 Å². The summed E-state index contributed by atoms with van der Waals surface area (Å²) in [5.41, 5.74) is 0. The standard InChI is InChI=1S/C7H14O4Si.C6H15NO6Si/c1-5-7(8)11-6-12(4,9-2)10-3;1-7(6(8)9)13-5-14(10-2,11-3)12-4/h5H,1,6H2,2-4H3;5H2,1-4H3,(H,8,9). The molecule has 0 aliphatic rings. The van der Waals surface area contributed by atoms with Crippen molar-refractivity contribution in [1.82, 2.24) is 5.06 Å². The molecule has 0 fully saturated rings. The second kappa shape index (κ2) is 13.8. The highest BCUT2D eigenvalue weighted by atomic mass is 28.4. The summed E-state index contributed by atoms with van der Waals surface area (Å²) in [5.74, 6) is -0.456. The second-order valence-electron chi connectivity index (χ2n) is 4.70. The maximum absolute atomic E-state index is 10.7. The zero-order valence-electron chi connectivity index (χ0n) is 16.3. The number of rotatable bonds is 11. The van der Waals surface area contributed by atoms with E-state index in [2.05, 4.69) is 6.58 Å². The lowest BCUT2D eigenvalue weighted by molar-refractivity contribution is -0.136. The molecule has 26 heavy (non-hydrogen) atoms. The van der Waals surface area contributed by atoms with Crippen molar-refractivity contribution in [2.75, 3.05) is 55.1 Å². The zero-order valence-corrected chi connectivity index (χ0v) is 18.3. The molecule has 13 heteroatoms. The minimum Gasteiger partial charge on any atom is -0.463 e. The van der Waals surface area contributed by atoms with Gasteiger partial charge in [0.2, 0.25) is 0 Å². The summed E-state index contributed by atoms with van der Waals surface area (Å²) in [5, 5.41) is 9.16. The Hall–Kier alpha value is -1.33. The third kappa shape index (κ3) is 10.6. The first-order chi connectivity index (χ1) is 12.1. The highest BCUT2D eigenvalue weighted by Gasteiger charge is 2.39. The maximum atomic E-state index is 10.7. The maximum Gasteiger partial charge on any atom is 0.530 e. The van der Waals surface area contributed by atoms with Crippen molar-refractivity contribution >= 4 is 29.4 Å².